The molecule has 188 valence electrons. The van der Waals surface area contributed by atoms with E-state index in [9.17, 15) is 14.4 Å². The smallest absolute Gasteiger partial charge is 0.341 e. The second-order valence-electron chi connectivity index (χ2n) is 7.84. The summed E-state index contributed by atoms with van der Waals surface area (Å²) in [5, 5.41) is 8.85. The summed E-state index contributed by atoms with van der Waals surface area (Å²) >= 11 is 1.18. The van der Waals surface area contributed by atoms with Crippen molar-refractivity contribution in [1.29, 1.82) is 0 Å². The Morgan fingerprint density at radius 1 is 1.22 bits per heavy atom. The molecule has 1 aliphatic rings. The molecular formula is C25H24N2O8S. The van der Waals surface area contributed by atoms with Crippen molar-refractivity contribution in [3.8, 4) is 11.5 Å². The molecule has 0 bridgehead atoms. The fourth-order valence-electron chi connectivity index (χ4n) is 3.85. The number of aryl methyl sites for hydroxylation is 1. The minimum atomic E-state index is -1.11. The van der Waals surface area contributed by atoms with E-state index in [-0.39, 0.29) is 23.5 Å². The number of hydrogen-bond acceptors (Lipinski definition) is 9. The number of aliphatic carboxylic acids is 1. The first-order valence-electron chi connectivity index (χ1n) is 11.0. The van der Waals surface area contributed by atoms with Gasteiger partial charge in [0.1, 0.15) is 17.6 Å². The average molecular weight is 513 g/mol. The van der Waals surface area contributed by atoms with E-state index in [4.69, 9.17) is 23.7 Å². The van der Waals surface area contributed by atoms with Crippen LogP contribution in [0, 0.1) is 6.92 Å². The number of rotatable bonds is 8. The molecule has 3 aromatic rings. The normalized spacial score (nSPS) is 15.3. The Labute approximate surface area is 209 Å². The van der Waals surface area contributed by atoms with Crippen LogP contribution in [-0.2, 0) is 14.3 Å². The van der Waals surface area contributed by atoms with E-state index in [1.54, 1.807) is 57.2 Å². The summed E-state index contributed by atoms with van der Waals surface area (Å²) in [6.07, 6.45) is 1.67. The first-order chi connectivity index (χ1) is 17.2. The van der Waals surface area contributed by atoms with Gasteiger partial charge in [-0.1, -0.05) is 17.4 Å². The molecule has 0 radical (unpaired) electrons. The van der Waals surface area contributed by atoms with Gasteiger partial charge < -0.3 is 23.7 Å². The monoisotopic (exact) mass is 512 g/mol. The predicted molar refractivity (Wildman–Crippen MR) is 130 cm³/mol. The summed E-state index contributed by atoms with van der Waals surface area (Å²) in [5.74, 6) is -0.0141. The fourth-order valence-corrected chi connectivity index (χ4v) is 4.89. The minimum Gasteiger partial charge on any atom is -0.493 e. The summed E-state index contributed by atoms with van der Waals surface area (Å²) < 4.78 is 23.5. The summed E-state index contributed by atoms with van der Waals surface area (Å²) in [5.41, 5.74) is 0.970. The van der Waals surface area contributed by atoms with Gasteiger partial charge >= 0.3 is 11.9 Å². The maximum absolute atomic E-state index is 13.6. The molecule has 1 aromatic carbocycles. The van der Waals surface area contributed by atoms with Crippen molar-refractivity contribution in [2.24, 2.45) is 4.99 Å². The van der Waals surface area contributed by atoms with Crippen LogP contribution < -0.4 is 24.4 Å². The second-order valence-corrected chi connectivity index (χ2v) is 8.85. The van der Waals surface area contributed by atoms with Crippen molar-refractivity contribution < 1.29 is 33.3 Å². The highest BCUT2D eigenvalue weighted by Gasteiger charge is 2.35. The number of benzene rings is 1. The molecule has 3 heterocycles. The number of aromatic nitrogens is 1. The largest absolute Gasteiger partial charge is 0.493 e. The molecular weight excluding hydrogens is 488 g/mol. The number of carboxylic acid groups (broad SMARTS) is 1. The number of methoxy groups -OCH3 is 1. The molecule has 0 fully saturated rings. The third-order valence-corrected chi connectivity index (χ3v) is 6.37. The zero-order valence-electron chi connectivity index (χ0n) is 20.1. The lowest BCUT2D eigenvalue weighted by molar-refractivity contribution is -0.140. The van der Waals surface area contributed by atoms with Crippen LogP contribution in [0.25, 0.3) is 6.08 Å². The molecule has 11 heteroatoms. The molecule has 0 spiro atoms. The van der Waals surface area contributed by atoms with Gasteiger partial charge in [0.05, 0.1) is 29.5 Å². The Kier molecular flexibility index (Phi) is 7.11. The third kappa shape index (κ3) is 4.82. The molecule has 36 heavy (non-hydrogen) atoms. The van der Waals surface area contributed by atoms with Gasteiger partial charge in [-0.2, -0.15) is 0 Å². The highest BCUT2D eigenvalue weighted by atomic mass is 32.1. The molecule has 1 atom stereocenters. The van der Waals surface area contributed by atoms with Crippen LogP contribution in [0.1, 0.15) is 37.0 Å². The summed E-state index contributed by atoms with van der Waals surface area (Å²) in [7, 11) is 1.44. The van der Waals surface area contributed by atoms with Gasteiger partial charge in [-0.25, -0.2) is 14.6 Å². The van der Waals surface area contributed by atoms with Gasteiger partial charge in [0.2, 0.25) is 0 Å². The second kappa shape index (κ2) is 10.2. The molecule has 1 N–H and O–H groups in total. The topological polar surface area (TPSA) is 130 Å². The Bertz CT molecular complexity index is 1540. The van der Waals surface area contributed by atoms with E-state index in [1.807, 2.05) is 0 Å². The van der Waals surface area contributed by atoms with Gasteiger partial charge in [0, 0.05) is 0 Å². The van der Waals surface area contributed by atoms with E-state index in [0.29, 0.717) is 37.9 Å². The van der Waals surface area contributed by atoms with Gasteiger partial charge in [0.25, 0.3) is 5.56 Å². The standard InChI is InChI=1S/C25H24N2O8S/c1-5-33-24(31)21-14(3)26-25-27(22(21)17-8-6-13(2)35-17)23(30)19(36-25)11-15-7-9-16(18(10-15)32-4)34-12-20(28)29/h6-11,22H,5,12H2,1-4H3,(H,28,29)/b19-11+/t22-/m0/s1. The number of hydrogen-bond donors (Lipinski definition) is 1. The van der Waals surface area contributed by atoms with Gasteiger partial charge in [0.15, 0.2) is 22.9 Å². The predicted octanol–water partition coefficient (Wildman–Crippen LogP) is 2.17. The van der Waals surface area contributed by atoms with Crippen molar-refractivity contribution in [3.05, 3.63) is 78.4 Å². The van der Waals surface area contributed by atoms with E-state index in [1.165, 1.54) is 23.0 Å². The SMILES string of the molecule is CCOC(=O)C1=C(C)N=c2s/c(=C/c3ccc(OCC(=O)O)c(OC)c3)c(=O)n2[C@H]1c1ccc(C)o1. The van der Waals surface area contributed by atoms with E-state index in [0.717, 1.165) is 0 Å². The Morgan fingerprint density at radius 2 is 2.00 bits per heavy atom. The van der Waals surface area contributed by atoms with Crippen LogP contribution in [0.3, 0.4) is 0 Å². The van der Waals surface area contributed by atoms with Crippen LogP contribution in [0.5, 0.6) is 11.5 Å². The fraction of sp³-hybridized carbons (Fsp3) is 0.280. The lowest BCUT2D eigenvalue weighted by Crippen LogP contribution is -2.39. The van der Waals surface area contributed by atoms with Crippen LogP contribution >= 0.6 is 11.3 Å². The van der Waals surface area contributed by atoms with Crippen LogP contribution in [0.4, 0.5) is 0 Å². The van der Waals surface area contributed by atoms with E-state index in [2.05, 4.69) is 4.99 Å². The van der Waals surface area contributed by atoms with Gasteiger partial charge in [-0.15, -0.1) is 0 Å². The number of thiazole rings is 1. The lowest BCUT2D eigenvalue weighted by Gasteiger charge is -2.22. The Hall–Kier alpha value is -4.12. The van der Waals surface area contributed by atoms with Crippen molar-refractivity contribution in [3.63, 3.8) is 0 Å². The number of fused-ring (bicyclic) bond motifs is 1. The summed E-state index contributed by atoms with van der Waals surface area (Å²) in [4.78, 5) is 42.2. The van der Waals surface area contributed by atoms with Crippen molar-refractivity contribution >= 4 is 29.4 Å². The number of carbonyl (C=O) groups is 2. The zero-order valence-corrected chi connectivity index (χ0v) is 20.9. The Morgan fingerprint density at radius 3 is 2.64 bits per heavy atom. The maximum Gasteiger partial charge on any atom is 0.341 e. The van der Waals surface area contributed by atoms with Gasteiger partial charge in [-0.05, 0) is 56.7 Å². The lowest BCUT2D eigenvalue weighted by atomic mass is 10.0. The van der Waals surface area contributed by atoms with Crippen molar-refractivity contribution in [2.45, 2.75) is 26.8 Å². The first kappa shape index (κ1) is 25.0. The average Bonchev–Trinajstić information content (AvgIpc) is 3.40. The molecule has 4 rings (SSSR count). The van der Waals surface area contributed by atoms with Crippen molar-refractivity contribution in [2.75, 3.05) is 20.3 Å². The first-order valence-corrected chi connectivity index (χ1v) is 11.8. The molecule has 10 nitrogen and oxygen atoms in total. The highest BCUT2D eigenvalue weighted by molar-refractivity contribution is 7.07. The third-order valence-electron chi connectivity index (χ3n) is 5.38. The molecule has 0 aliphatic carbocycles. The van der Waals surface area contributed by atoms with E-state index >= 15 is 0 Å². The molecule has 1 aliphatic heterocycles. The molecule has 0 saturated carbocycles. The van der Waals surface area contributed by atoms with Crippen LogP contribution in [-0.4, -0.2) is 41.9 Å². The number of nitrogens with zero attached hydrogens (tertiary/aromatic N) is 2. The number of carboxylic acids is 1. The highest BCUT2D eigenvalue weighted by Crippen LogP contribution is 2.32. The molecule has 0 amide bonds. The van der Waals surface area contributed by atoms with Crippen molar-refractivity contribution in [1.82, 2.24) is 4.57 Å². The molecule has 2 aromatic heterocycles. The Balaban J connectivity index is 1.83. The van der Waals surface area contributed by atoms with Crippen LogP contribution in [0.2, 0.25) is 0 Å². The number of furan rings is 1. The molecule has 0 unspecified atom stereocenters. The minimum absolute atomic E-state index is 0.179. The van der Waals surface area contributed by atoms with Crippen LogP contribution in [0.15, 0.2) is 55.8 Å². The maximum atomic E-state index is 13.6. The number of esters is 1. The summed E-state index contributed by atoms with van der Waals surface area (Å²) in [6, 6.07) is 7.57. The summed E-state index contributed by atoms with van der Waals surface area (Å²) in [6.45, 7) is 4.86. The van der Waals surface area contributed by atoms with Gasteiger partial charge in [-0.3, -0.25) is 9.36 Å². The number of carbonyl (C=O) groups excluding carboxylic acids is 1. The number of ether oxygens (including phenoxy) is 3. The van der Waals surface area contributed by atoms with E-state index < -0.39 is 24.6 Å². The molecule has 0 saturated heterocycles. The zero-order chi connectivity index (χ0) is 26.0. The number of allylic oxidation sites excluding steroid dienone is 1. The quantitative estimate of drug-likeness (QED) is 0.455.